The molecule has 114 valence electrons. The first-order chi connectivity index (χ1) is 9.45. The molecule has 0 saturated heterocycles. The standard InChI is InChI=1S/C16H27BrN2O/c1-12(2)9-18-10-14-8-15(17)6-7-16(14)19(4)13(3)11-20-5/h6-8,12-13,18H,9-11H2,1-5H3. The van der Waals surface area contributed by atoms with Crippen LogP contribution in [0.3, 0.4) is 0 Å². The fraction of sp³-hybridized carbons (Fsp3) is 0.625. The van der Waals surface area contributed by atoms with Crippen LogP contribution >= 0.6 is 15.9 Å². The number of halogens is 1. The zero-order chi connectivity index (χ0) is 15.1. The number of hydrogen-bond acceptors (Lipinski definition) is 3. The summed E-state index contributed by atoms with van der Waals surface area (Å²) >= 11 is 3.56. The Bertz CT molecular complexity index is 409. The van der Waals surface area contributed by atoms with Crippen molar-refractivity contribution >= 4 is 21.6 Å². The van der Waals surface area contributed by atoms with Crippen LogP contribution in [0.1, 0.15) is 26.3 Å². The summed E-state index contributed by atoms with van der Waals surface area (Å²) in [7, 11) is 3.87. The fourth-order valence-electron chi connectivity index (χ4n) is 2.13. The van der Waals surface area contributed by atoms with Gasteiger partial charge in [-0.2, -0.15) is 0 Å². The van der Waals surface area contributed by atoms with Crippen molar-refractivity contribution in [3.63, 3.8) is 0 Å². The molecule has 1 aromatic carbocycles. The van der Waals surface area contributed by atoms with Crippen LogP contribution in [0.25, 0.3) is 0 Å². The van der Waals surface area contributed by atoms with E-state index in [9.17, 15) is 0 Å². The maximum Gasteiger partial charge on any atom is 0.0663 e. The Morgan fingerprint density at radius 2 is 2.00 bits per heavy atom. The molecule has 1 unspecified atom stereocenters. The van der Waals surface area contributed by atoms with E-state index < -0.39 is 0 Å². The van der Waals surface area contributed by atoms with Gasteiger partial charge >= 0.3 is 0 Å². The number of rotatable bonds is 8. The Labute approximate surface area is 131 Å². The molecule has 0 saturated carbocycles. The third-order valence-corrected chi connectivity index (χ3v) is 3.85. The number of benzene rings is 1. The molecule has 0 aliphatic carbocycles. The summed E-state index contributed by atoms with van der Waals surface area (Å²) in [6.07, 6.45) is 0. The van der Waals surface area contributed by atoms with E-state index in [1.165, 1.54) is 11.3 Å². The van der Waals surface area contributed by atoms with E-state index in [0.717, 1.165) is 24.2 Å². The molecule has 20 heavy (non-hydrogen) atoms. The number of hydrogen-bond donors (Lipinski definition) is 1. The second kappa shape index (κ2) is 8.65. The highest BCUT2D eigenvalue weighted by Crippen LogP contribution is 2.25. The molecule has 1 aromatic rings. The zero-order valence-corrected chi connectivity index (χ0v) is 14.8. The highest BCUT2D eigenvalue weighted by atomic mass is 79.9. The van der Waals surface area contributed by atoms with Crippen molar-refractivity contribution in [1.82, 2.24) is 5.32 Å². The normalized spacial score (nSPS) is 12.8. The summed E-state index contributed by atoms with van der Waals surface area (Å²) in [5.74, 6) is 0.663. The fourth-order valence-corrected chi connectivity index (χ4v) is 2.53. The van der Waals surface area contributed by atoms with Gasteiger partial charge in [0, 0.05) is 36.9 Å². The van der Waals surface area contributed by atoms with Crippen molar-refractivity contribution in [2.24, 2.45) is 5.92 Å². The molecule has 0 fully saturated rings. The molecule has 1 N–H and O–H groups in total. The third-order valence-electron chi connectivity index (χ3n) is 3.36. The lowest BCUT2D eigenvalue weighted by Crippen LogP contribution is -2.33. The predicted molar refractivity (Wildman–Crippen MR) is 90.4 cm³/mol. The van der Waals surface area contributed by atoms with Crippen LogP contribution in [0.2, 0.25) is 0 Å². The Balaban J connectivity index is 2.83. The van der Waals surface area contributed by atoms with Gasteiger partial charge < -0.3 is 15.0 Å². The summed E-state index contributed by atoms with van der Waals surface area (Å²) in [6, 6.07) is 6.81. The topological polar surface area (TPSA) is 24.5 Å². The molecule has 0 aromatic heterocycles. The number of anilines is 1. The van der Waals surface area contributed by atoms with Crippen LogP contribution in [-0.2, 0) is 11.3 Å². The quantitative estimate of drug-likeness (QED) is 0.780. The van der Waals surface area contributed by atoms with Crippen molar-refractivity contribution in [1.29, 1.82) is 0 Å². The minimum atomic E-state index is 0.352. The van der Waals surface area contributed by atoms with E-state index >= 15 is 0 Å². The van der Waals surface area contributed by atoms with Gasteiger partial charge in [-0.15, -0.1) is 0 Å². The van der Waals surface area contributed by atoms with Gasteiger partial charge in [-0.1, -0.05) is 29.8 Å². The summed E-state index contributed by atoms with van der Waals surface area (Å²) in [5.41, 5.74) is 2.57. The molecule has 0 heterocycles. The first-order valence-corrected chi connectivity index (χ1v) is 7.96. The van der Waals surface area contributed by atoms with Crippen molar-refractivity contribution in [2.75, 3.05) is 32.2 Å². The monoisotopic (exact) mass is 342 g/mol. The lowest BCUT2D eigenvalue weighted by Gasteiger charge is -2.29. The van der Waals surface area contributed by atoms with Crippen molar-refractivity contribution < 1.29 is 4.74 Å². The minimum Gasteiger partial charge on any atom is -0.383 e. The second-order valence-corrected chi connectivity index (χ2v) is 6.63. The molecule has 4 heteroatoms. The van der Waals surface area contributed by atoms with E-state index in [4.69, 9.17) is 4.74 Å². The zero-order valence-electron chi connectivity index (χ0n) is 13.2. The average molecular weight is 343 g/mol. The highest BCUT2D eigenvalue weighted by Gasteiger charge is 2.13. The van der Waals surface area contributed by atoms with E-state index in [2.05, 4.69) is 72.2 Å². The van der Waals surface area contributed by atoms with Crippen LogP contribution in [0.15, 0.2) is 22.7 Å². The molecule has 1 atom stereocenters. The predicted octanol–water partition coefficient (Wildman–Crippen LogP) is 3.67. The smallest absolute Gasteiger partial charge is 0.0663 e. The van der Waals surface area contributed by atoms with Gasteiger partial charge in [0.25, 0.3) is 0 Å². The maximum absolute atomic E-state index is 5.26. The van der Waals surface area contributed by atoms with Crippen LogP contribution < -0.4 is 10.2 Å². The van der Waals surface area contributed by atoms with Crippen molar-refractivity contribution in [2.45, 2.75) is 33.4 Å². The number of ether oxygens (including phenoxy) is 1. The Morgan fingerprint density at radius 3 is 2.60 bits per heavy atom. The molecule has 0 radical (unpaired) electrons. The average Bonchev–Trinajstić information content (AvgIpc) is 2.38. The van der Waals surface area contributed by atoms with Crippen LogP contribution in [0.5, 0.6) is 0 Å². The summed E-state index contributed by atoms with van der Waals surface area (Å²) in [4.78, 5) is 2.28. The van der Waals surface area contributed by atoms with E-state index in [1.807, 2.05) is 0 Å². The Hall–Kier alpha value is -0.580. The van der Waals surface area contributed by atoms with Gasteiger partial charge in [0.05, 0.1) is 6.61 Å². The van der Waals surface area contributed by atoms with Gasteiger partial charge in [-0.3, -0.25) is 0 Å². The first-order valence-electron chi connectivity index (χ1n) is 7.16. The third kappa shape index (κ3) is 5.43. The number of likely N-dealkylation sites (N-methyl/N-ethyl adjacent to an activating group) is 1. The van der Waals surface area contributed by atoms with E-state index in [0.29, 0.717) is 12.0 Å². The largest absolute Gasteiger partial charge is 0.383 e. The molecule has 0 spiro atoms. The molecule has 0 aliphatic heterocycles. The van der Waals surface area contributed by atoms with E-state index in [-0.39, 0.29) is 0 Å². The lowest BCUT2D eigenvalue weighted by atomic mass is 10.1. The lowest BCUT2D eigenvalue weighted by molar-refractivity contribution is 0.183. The van der Waals surface area contributed by atoms with Gasteiger partial charge in [-0.05, 0) is 43.1 Å². The number of nitrogens with zero attached hydrogens (tertiary/aromatic N) is 1. The van der Waals surface area contributed by atoms with Gasteiger partial charge in [0.15, 0.2) is 0 Å². The molecule has 0 bridgehead atoms. The molecule has 1 rings (SSSR count). The van der Waals surface area contributed by atoms with Crippen molar-refractivity contribution in [3.05, 3.63) is 28.2 Å². The molecule has 3 nitrogen and oxygen atoms in total. The maximum atomic E-state index is 5.26. The Morgan fingerprint density at radius 1 is 1.30 bits per heavy atom. The summed E-state index contributed by atoms with van der Waals surface area (Å²) in [5, 5.41) is 3.52. The SMILES string of the molecule is COCC(C)N(C)c1ccc(Br)cc1CNCC(C)C. The summed E-state index contributed by atoms with van der Waals surface area (Å²) in [6.45, 7) is 9.27. The van der Waals surface area contributed by atoms with Crippen LogP contribution in [0, 0.1) is 5.92 Å². The number of nitrogens with one attached hydrogen (secondary N) is 1. The second-order valence-electron chi connectivity index (χ2n) is 5.71. The minimum absolute atomic E-state index is 0.352. The van der Waals surface area contributed by atoms with Gasteiger partial charge in [0.1, 0.15) is 0 Å². The molecule has 0 aliphatic rings. The van der Waals surface area contributed by atoms with Crippen LogP contribution in [-0.4, -0.2) is 33.4 Å². The van der Waals surface area contributed by atoms with Gasteiger partial charge in [-0.25, -0.2) is 0 Å². The molecular weight excluding hydrogens is 316 g/mol. The first kappa shape index (κ1) is 17.5. The Kier molecular flexibility index (Phi) is 7.56. The highest BCUT2D eigenvalue weighted by molar-refractivity contribution is 9.10. The van der Waals surface area contributed by atoms with Gasteiger partial charge in [0.2, 0.25) is 0 Å². The van der Waals surface area contributed by atoms with E-state index in [1.54, 1.807) is 7.11 Å². The van der Waals surface area contributed by atoms with Crippen molar-refractivity contribution in [3.8, 4) is 0 Å². The summed E-state index contributed by atoms with van der Waals surface area (Å²) < 4.78 is 6.38. The van der Waals surface area contributed by atoms with Crippen LogP contribution in [0.4, 0.5) is 5.69 Å². The molecule has 0 amide bonds. The number of methoxy groups -OCH3 is 1. The molecular formula is C16H27BrN2O.